The summed E-state index contributed by atoms with van der Waals surface area (Å²) in [5.41, 5.74) is 2.09. The first-order valence-electron chi connectivity index (χ1n) is 10.3. The van der Waals surface area contributed by atoms with Crippen LogP contribution in [0.5, 0.6) is 5.75 Å². The van der Waals surface area contributed by atoms with Crippen LogP contribution < -0.4 is 4.74 Å². The monoisotopic (exact) mass is 400 g/mol. The molecule has 1 saturated heterocycles. The molecule has 0 radical (unpaired) electrons. The average Bonchev–Trinajstić information content (AvgIpc) is 2.67. The fourth-order valence-corrected chi connectivity index (χ4v) is 4.63. The van der Waals surface area contributed by atoms with Crippen molar-refractivity contribution < 1.29 is 13.9 Å². The summed E-state index contributed by atoms with van der Waals surface area (Å²) in [5.74, 6) is 1.70. The van der Waals surface area contributed by atoms with E-state index in [4.69, 9.17) is 13.9 Å². The van der Waals surface area contributed by atoms with E-state index in [0.717, 1.165) is 61.4 Å². The predicted molar refractivity (Wildman–Crippen MR) is 114 cm³/mol. The number of hydrogen-bond acceptors (Lipinski definition) is 5. The summed E-state index contributed by atoms with van der Waals surface area (Å²) in [5, 5.41) is 0. The first-order valence-corrected chi connectivity index (χ1v) is 13.7. The molecular formula is C22H32N2O3Si. The molecule has 3 rings (SSSR count). The molecule has 2 heterocycles. The molecular weight excluding hydrogens is 368 g/mol. The molecule has 0 N–H and O–H groups in total. The third-order valence-electron chi connectivity index (χ3n) is 4.63. The van der Waals surface area contributed by atoms with Gasteiger partial charge in [-0.1, -0.05) is 12.1 Å². The Labute approximate surface area is 169 Å². The van der Waals surface area contributed by atoms with Crippen LogP contribution in [0.15, 0.2) is 36.7 Å². The van der Waals surface area contributed by atoms with Crippen LogP contribution in [0.3, 0.4) is 0 Å². The molecule has 28 heavy (non-hydrogen) atoms. The van der Waals surface area contributed by atoms with Gasteiger partial charge >= 0.3 is 0 Å². The van der Waals surface area contributed by atoms with Gasteiger partial charge in [0, 0.05) is 36.9 Å². The molecule has 152 valence electrons. The zero-order valence-electron chi connectivity index (χ0n) is 17.5. The summed E-state index contributed by atoms with van der Waals surface area (Å²) in [6, 6.07) is 8.05. The SMILES string of the molecule is CC(CCc1ncc(-c2ccc(OC3CCCCO3)cc2)cn1)O[Si](C)(C)C. The van der Waals surface area contributed by atoms with E-state index in [2.05, 4.69) is 36.5 Å². The van der Waals surface area contributed by atoms with Crippen LogP contribution in [0.1, 0.15) is 38.4 Å². The highest BCUT2D eigenvalue weighted by Gasteiger charge is 2.18. The molecule has 1 fully saturated rings. The quantitative estimate of drug-likeness (QED) is 0.569. The lowest BCUT2D eigenvalue weighted by Gasteiger charge is -2.23. The van der Waals surface area contributed by atoms with E-state index in [1.807, 2.05) is 36.7 Å². The van der Waals surface area contributed by atoms with Crippen molar-refractivity contribution in [3.05, 3.63) is 42.5 Å². The molecule has 1 aromatic carbocycles. The Balaban J connectivity index is 1.52. The highest BCUT2D eigenvalue weighted by molar-refractivity contribution is 6.69. The number of hydrogen-bond donors (Lipinski definition) is 0. The lowest BCUT2D eigenvalue weighted by atomic mass is 10.1. The van der Waals surface area contributed by atoms with Crippen LogP contribution in [0, 0.1) is 0 Å². The molecule has 5 nitrogen and oxygen atoms in total. The minimum absolute atomic E-state index is 0.116. The van der Waals surface area contributed by atoms with Gasteiger partial charge in [-0.15, -0.1) is 0 Å². The van der Waals surface area contributed by atoms with Crippen molar-refractivity contribution in [2.24, 2.45) is 0 Å². The van der Waals surface area contributed by atoms with Crippen molar-refractivity contribution in [2.45, 2.75) is 71.1 Å². The van der Waals surface area contributed by atoms with E-state index < -0.39 is 8.32 Å². The van der Waals surface area contributed by atoms with Crippen LogP contribution in [-0.2, 0) is 15.6 Å². The van der Waals surface area contributed by atoms with Gasteiger partial charge in [0.05, 0.1) is 6.61 Å². The molecule has 0 aliphatic carbocycles. The highest BCUT2D eigenvalue weighted by Crippen LogP contribution is 2.24. The van der Waals surface area contributed by atoms with E-state index in [1.165, 1.54) is 0 Å². The number of aryl methyl sites for hydroxylation is 1. The molecule has 2 atom stereocenters. The van der Waals surface area contributed by atoms with Crippen molar-refractivity contribution >= 4 is 8.32 Å². The maximum Gasteiger partial charge on any atom is 0.199 e. The number of nitrogens with zero attached hydrogens (tertiary/aromatic N) is 2. The summed E-state index contributed by atoms with van der Waals surface area (Å²) in [6.45, 7) is 9.57. The fourth-order valence-electron chi connectivity index (χ4n) is 3.31. The van der Waals surface area contributed by atoms with Gasteiger partial charge in [-0.25, -0.2) is 9.97 Å². The standard InChI is InChI=1S/C22H32N2O3Si/c1-17(27-28(2,3)4)8-13-21-23-15-19(16-24-21)18-9-11-20(12-10-18)26-22-7-5-6-14-25-22/h9-12,15-17,22H,5-8,13-14H2,1-4H3. The molecule has 0 bridgehead atoms. The molecule has 0 saturated carbocycles. The summed E-state index contributed by atoms with van der Waals surface area (Å²) in [6.07, 6.45) is 8.94. The van der Waals surface area contributed by atoms with Gasteiger partial charge in [0.15, 0.2) is 14.6 Å². The Morgan fingerprint density at radius 1 is 1.07 bits per heavy atom. The zero-order chi connectivity index (χ0) is 20.0. The zero-order valence-corrected chi connectivity index (χ0v) is 18.5. The topological polar surface area (TPSA) is 53.5 Å². The number of aromatic nitrogens is 2. The van der Waals surface area contributed by atoms with Gasteiger partial charge in [0.2, 0.25) is 0 Å². The fraction of sp³-hybridized carbons (Fsp3) is 0.545. The second kappa shape index (κ2) is 9.63. The van der Waals surface area contributed by atoms with E-state index in [1.54, 1.807) is 0 Å². The van der Waals surface area contributed by atoms with Gasteiger partial charge in [-0.2, -0.15) is 0 Å². The molecule has 0 spiro atoms. The van der Waals surface area contributed by atoms with Gasteiger partial charge in [-0.3, -0.25) is 0 Å². The molecule has 1 aromatic heterocycles. The van der Waals surface area contributed by atoms with E-state index in [0.29, 0.717) is 0 Å². The van der Waals surface area contributed by atoms with Crippen LogP contribution in [0.4, 0.5) is 0 Å². The number of benzene rings is 1. The Morgan fingerprint density at radius 2 is 1.79 bits per heavy atom. The van der Waals surface area contributed by atoms with Crippen molar-refractivity contribution in [1.29, 1.82) is 0 Å². The first kappa shape index (κ1) is 21.0. The second-order valence-corrected chi connectivity index (χ2v) is 12.9. The Hall–Kier alpha value is -1.76. The van der Waals surface area contributed by atoms with Crippen LogP contribution in [-0.4, -0.2) is 37.3 Å². The minimum atomic E-state index is -1.49. The van der Waals surface area contributed by atoms with Gasteiger partial charge in [-0.05, 0) is 63.5 Å². The second-order valence-electron chi connectivity index (χ2n) is 8.41. The minimum Gasteiger partial charge on any atom is -0.465 e. The summed E-state index contributed by atoms with van der Waals surface area (Å²) < 4.78 is 17.6. The van der Waals surface area contributed by atoms with Crippen LogP contribution in [0.2, 0.25) is 19.6 Å². The summed E-state index contributed by atoms with van der Waals surface area (Å²) in [4.78, 5) is 9.07. The third kappa shape index (κ3) is 6.69. The lowest BCUT2D eigenvalue weighted by Crippen LogP contribution is -2.30. The average molecular weight is 401 g/mol. The van der Waals surface area contributed by atoms with Crippen LogP contribution >= 0.6 is 0 Å². The van der Waals surface area contributed by atoms with Crippen molar-refractivity contribution in [3.8, 4) is 16.9 Å². The van der Waals surface area contributed by atoms with E-state index in [-0.39, 0.29) is 12.4 Å². The van der Waals surface area contributed by atoms with Crippen molar-refractivity contribution in [3.63, 3.8) is 0 Å². The Bertz CT molecular complexity index is 723. The maximum absolute atomic E-state index is 6.08. The molecule has 0 amide bonds. The maximum atomic E-state index is 6.08. The number of rotatable bonds is 8. The summed E-state index contributed by atoms with van der Waals surface area (Å²) >= 11 is 0. The number of ether oxygens (including phenoxy) is 2. The molecule has 2 unspecified atom stereocenters. The lowest BCUT2D eigenvalue weighted by molar-refractivity contribution is -0.105. The molecule has 2 aromatic rings. The predicted octanol–water partition coefficient (Wildman–Crippen LogP) is 5.22. The molecule has 1 aliphatic rings. The van der Waals surface area contributed by atoms with Crippen molar-refractivity contribution in [2.75, 3.05) is 6.61 Å². The van der Waals surface area contributed by atoms with Gasteiger partial charge < -0.3 is 13.9 Å². The Morgan fingerprint density at radius 3 is 2.39 bits per heavy atom. The van der Waals surface area contributed by atoms with Crippen molar-refractivity contribution in [1.82, 2.24) is 9.97 Å². The Kier molecular flexibility index (Phi) is 7.21. The third-order valence-corrected chi connectivity index (χ3v) is 5.74. The molecule has 6 heteroatoms. The van der Waals surface area contributed by atoms with Gasteiger partial charge in [0.25, 0.3) is 0 Å². The molecule has 1 aliphatic heterocycles. The van der Waals surface area contributed by atoms with E-state index >= 15 is 0 Å². The normalized spacial score (nSPS) is 18.6. The largest absolute Gasteiger partial charge is 0.465 e. The smallest absolute Gasteiger partial charge is 0.199 e. The summed E-state index contributed by atoms with van der Waals surface area (Å²) in [7, 11) is -1.49. The first-order chi connectivity index (χ1) is 13.4. The highest BCUT2D eigenvalue weighted by atomic mass is 28.4. The van der Waals surface area contributed by atoms with Crippen LogP contribution in [0.25, 0.3) is 11.1 Å². The van der Waals surface area contributed by atoms with Gasteiger partial charge in [0.1, 0.15) is 11.6 Å². The van der Waals surface area contributed by atoms with E-state index in [9.17, 15) is 0 Å².